The summed E-state index contributed by atoms with van der Waals surface area (Å²) in [6.45, 7) is 4.15. The fraction of sp³-hybridized carbons (Fsp3) is 0.222. The first-order valence-electron chi connectivity index (χ1n) is 7.96. The van der Waals surface area contributed by atoms with Gasteiger partial charge in [-0.3, -0.25) is 9.97 Å². The zero-order valence-corrected chi connectivity index (χ0v) is 18.6. The topological polar surface area (TPSA) is 50.5 Å². The Balaban J connectivity index is 0.000000188. The molecule has 2 heterocycles. The maximum atomic E-state index is 4.56. The first-order chi connectivity index (χ1) is 12.2. The average Bonchev–Trinajstić information content (AvgIpc) is 2.68. The van der Waals surface area contributed by atoms with Gasteiger partial charge in [-0.15, -0.1) is 0 Å². The molecule has 0 unspecified atom stereocenters. The van der Waals surface area contributed by atoms with Gasteiger partial charge in [0.1, 0.15) is 0 Å². The van der Waals surface area contributed by atoms with Crippen molar-refractivity contribution in [3.8, 4) is 0 Å². The SMILES string of the molecule is C[CH2][Sn]([CH2]C)([N]=C=S)[N]=C=S.c1cnc2c(c1)ccc1cccnc12. The minimum atomic E-state index is -2.65. The van der Waals surface area contributed by atoms with Gasteiger partial charge in [0.2, 0.25) is 0 Å². The van der Waals surface area contributed by atoms with E-state index in [2.05, 4.69) is 89.3 Å². The van der Waals surface area contributed by atoms with Gasteiger partial charge in [-0.1, -0.05) is 24.3 Å². The van der Waals surface area contributed by atoms with E-state index in [1.807, 2.05) is 12.1 Å². The molecule has 0 aliphatic heterocycles. The van der Waals surface area contributed by atoms with Crippen LogP contribution in [0.2, 0.25) is 8.87 Å². The van der Waals surface area contributed by atoms with E-state index in [1.54, 1.807) is 12.4 Å². The molecule has 25 heavy (non-hydrogen) atoms. The zero-order valence-electron chi connectivity index (χ0n) is 14.1. The van der Waals surface area contributed by atoms with Crippen LogP contribution in [0.4, 0.5) is 0 Å². The molecule has 0 bridgehead atoms. The van der Waals surface area contributed by atoms with Gasteiger partial charge < -0.3 is 0 Å². The predicted molar refractivity (Wildman–Crippen MR) is 114 cm³/mol. The van der Waals surface area contributed by atoms with Crippen LogP contribution in [0.1, 0.15) is 13.8 Å². The Morgan fingerprint density at radius 3 is 1.64 bits per heavy atom. The largest absolute Gasteiger partial charge is 0.254 e. The normalized spacial score (nSPS) is 10.3. The van der Waals surface area contributed by atoms with Crippen LogP contribution in [0, 0.1) is 0 Å². The summed E-state index contributed by atoms with van der Waals surface area (Å²) in [5.41, 5.74) is 1.95. The molecule has 1 aromatic carbocycles. The second-order valence-corrected chi connectivity index (χ2v) is 16.6. The summed E-state index contributed by atoms with van der Waals surface area (Å²) in [6.07, 6.45) is 3.60. The molecular formula is C18H18N4S2Sn. The Morgan fingerprint density at radius 1 is 0.840 bits per heavy atom. The van der Waals surface area contributed by atoms with Gasteiger partial charge in [0, 0.05) is 23.2 Å². The molecule has 7 heteroatoms. The summed E-state index contributed by atoms with van der Waals surface area (Å²) in [5, 5.41) is 7.11. The minimum absolute atomic E-state index is 0.977. The van der Waals surface area contributed by atoms with Crippen molar-refractivity contribution in [3.63, 3.8) is 0 Å². The number of rotatable bonds is 4. The molecule has 3 rings (SSSR count). The molecule has 2 aromatic heterocycles. The third-order valence-corrected chi connectivity index (χ3v) is 14.6. The summed E-state index contributed by atoms with van der Waals surface area (Å²) in [7, 11) is 0. The number of nitrogens with zero attached hydrogens (tertiary/aromatic N) is 4. The van der Waals surface area contributed by atoms with Crippen LogP contribution in [-0.4, -0.2) is 39.2 Å². The third-order valence-electron chi connectivity index (χ3n) is 3.98. The second-order valence-electron chi connectivity index (χ2n) is 5.31. The van der Waals surface area contributed by atoms with Crippen molar-refractivity contribution in [2.75, 3.05) is 0 Å². The molecular weight excluding hydrogens is 455 g/mol. The van der Waals surface area contributed by atoms with Gasteiger partial charge in [0.15, 0.2) is 0 Å². The number of hydrogen-bond donors (Lipinski definition) is 0. The van der Waals surface area contributed by atoms with Crippen molar-refractivity contribution >= 4 is 75.5 Å². The Labute approximate surface area is 162 Å². The van der Waals surface area contributed by atoms with Crippen LogP contribution in [-0.2, 0) is 0 Å². The van der Waals surface area contributed by atoms with Crippen LogP contribution in [0.25, 0.3) is 21.8 Å². The molecule has 0 N–H and O–H groups in total. The monoisotopic (exact) mass is 474 g/mol. The molecule has 0 radical (unpaired) electrons. The van der Waals surface area contributed by atoms with E-state index in [-0.39, 0.29) is 0 Å². The van der Waals surface area contributed by atoms with Gasteiger partial charge in [0.05, 0.1) is 11.0 Å². The van der Waals surface area contributed by atoms with Crippen molar-refractivity contribution in [1.29, 1.82) is 0 Å². The number of benzene rings is 1. The summed E-state index contributed by atoms with van der Waals surface area (Å²) >= 11 is 6.47. The number of isothiocyanates is 2. The molecule has 0 atom stereocenters. The standard InChI is InChI=1S/C12H8N2.2C2H5.2CNS.Sn/c1-3-9-5-6-10-4-2-8-14-12(10)11(9)13-7-1;2*1-2;2*2-1-3;/h1-8H;2*1H2,2H3;;;/q;;;2*-1;+2. The minimum Gasteiger partial charge on any atom is -0.254 e. The first kappa shape index (κ1) is 19.8. The number of fused-ring (bicyclic) bond motifs is 3. The average molecular weight is 473 g/mol. The first-order valence-corrected chi connectivity index (χ1v) is 15.4. The smallest absolute Gasteiger partial charge is 0.0964 e. The van der Waals surface area contributed by atoms with Gasteiger partial charge in [-0.2, -0.15) is 0 Å². The van der Waals surface area contributed by atoms with Gasteiger partial charge in [-0.25, -0.2) is 0 Å². The molecule has 0 saturated heterocycles. The van der Waals surface area contributed by atoms with Crippen LogP contribution in [0.3, 0.4) is 0 Å². The van der Waals surface area contributed by atoms with Crippen LogP contribution in [0.5, 0.6) is 0 Å². The van der Waals surface area contributed by atoms with Crippen LogP contribution >= 0.6 is 24.4 Å². The number of pyridine rings is 2. The van der Waals surface area contributed by atoms with E-state index in [1.165, 1.54) is 0 Å². The third kappa shape index (κ3) is 4.97. The molecule has 0 amide bonds. The van der Waals surface area contributed by atoms with Crippen molar-refractivity contribution in [3.05, 3.63) is 48.8 Å². The van der Waals surface area contributed by atoms with Gasteiger partial charge in [0.25, 0.3) is 0 Å². The van der Waals surface area contributed by atoms with E-state index < -0.39 is 18.9 Å². The number of hydrogen-bond acceptors (Lipinski definition) is 6. The van der Waals surface area contributed by atoms with Crippen LogP contribution in [0.15, 0.2) is 55.2 Å². The molecule has 4 nitrogen and oxygen atoms in total. The van der Waals surface area contributed by atoms with Gasteiger partial charge >= 0.3 is 82.8 Å². The quantitative estimate of drug-likeness (QED) is 0.219. The fourth-order valence-electron chi connectivity index (χ4n) is 2.44. The Hall–Kier alpha value is -1.56. The molecule has 3 aromatic rings. The molecule has 0 fully saturated rings. The fourth-order valence-corrected chi connectivity index (χ4v) is 9.07. The molecule has 0 aliphatic rings. The maximum absolute atomic E-state index is 4.56. The van der Waals surface area contributed by atoms with Crippen molar-refractivity contribution < 1.29 is 0 Å². The summed E-state index contributed by atoms with van der Waals surface area (Å²) < 4.78 is 10.3. The predicted octanol–water partition coefficient (Wildman–Crippen LogP) is 5.46. The van der Waals surface area contributed by atoms with Crippen LogP contribution < -0.4 is 0 Å². The van der Waals surface area contributed by atoms with Crippen molar-refractivity contribution in [1.82, 2.24) is 9.97 Å². The van der Waals surface area contributed by atoms with Gasteiger partial charge in [-0.05, 0) is 12.1 Å². The van der Waals surface area contributed by atoms with Crippen molar-refractivity contribution in [2.45, 2.75) is 22.7 Å². The Morgan fingerprint density at radius 2 is 1.28 bits per heavy atom. The molecule has 0 spiro atoms. The second kappa shape index (κ2) is 9.80. The number of thiocarbonyl (C=S) groups is 2. The molecule has 0 saturated carbocycles. The summed E-state index contributed by atoms with van der Waals surface area (Å²) in [6, 6.07) is 12.1. The summed E-state index contributed by atoms with van der Waals surface area (Å²) in [5.74, 6) is 0. The molecule has 126 valence electrons. The summed E-state index contributed by atoms with van der Waals surface area (Å²) in [4.78, 5) is 8.69. The molecule has 0 aliphatic carbocycles. The van der Waals surface area contributed by atoms with E-state index in [0.29, 0.717) is 0 Å². The van der Waals surface area contributed by atoms with Crippen molar-refractivity contribution in [2.24, 2.45) is 6.43 Å². The van der Waals surface area contributed by atoms with E-state index >= 15 is 0 Å². The Kier molecular flexibility index (Phi) is 7.75. The number of aromatic nitrogens is 2. The van der Waals surface area contributed by atoms with E-state index in [4.69, 9.17) is 0 Å². The maximum Gasteiger partial charge on any atom is 0.0964 e. The van der Waals surface area contributed by atoms with E-state index in [9.17, 15) is 0 Å². The Bertz CT molecular complexity index is 885. The van der Waals surface area contributed by atoms with E-state index in [0.717, 1.165) is 30.7 Å². The zero-order chi connectivity index (χ0) is 18.1.